The number of aryl methyl sites for hydroxylation is 1. The number of sulfonamides is 1. The van der Waals surface area contributed by atoms with Gasteiger partial charge >= 0.3 is 15.5 Å². The second kappa shape index (κ2) is 10.1. The number of hydrogen-bond donors (Lipinski definition) is 2. The van der Waals surface area contributed by atoms with E-state index in [1.165, 1.54) is 0 Å². The Morgan fingerprint density at radius 3 is 2.55 bits per heavy atom. The molecule has 0 saturated carbocycles. The molecule has 29 heavy (non-hydrogen) atoms. The van der Waals surface area contributed by atoms with Crippen molar-refractivity contribution in [3.63, 3.8) is 0 Å². The van der Waals surface area contributed by atoms with Gasteiger partial charge in [0.05, 0.1) is 6.54 Å². The summed E-state index contributed by atoms with van der Waals surface area (Å²) in [6, 6.07) is 7.73. The van der Waals surface area contributed by atoms with Gasteiger partial charge < -0.3 is 15.4 Å². The number of benzene rings is 1. The fourth-order valence-corrected chi connectivity index (χ4v) is 3.99. The molecule has 2 N–H and O–H groups in total. The van der Waals surface area contributed by atoms with Crippen LogP contribution in [0.5, 0.6) is 5.75 Å². The van der Waals surface area contributed by atoms with E-state index in [0.29, 0.717) is 42.8 Å². The zero-order valence-electron chi connectivity index (χ0n) is 16.5. The fourth-order valence-electron chi connectivity index (χ4n) is 3.01. The SMILES string of the molecule is CN=C(NCCOc1cccc(C)c1)NCC1CCN(S(=O)(=O)C(F)(F)F)CC1. The van der Waals surface area contributed by atoms with Gasteiger partial charge in [-0.15, -0.1) is 0 Å². The van der Waals surface area contributed by atoms with Gasteiger partial charge in [-0.05, 0) is 43.4 Å². The number of halogens is 3. The van der Waals surface area contributed by atoms with Crippen LogP contribution in [0.15, 0.2) is 29.3 Å². The van der Waals surface area contributed by atoms with Crippen molar-refractivity contribution in [2.75, 3.05) is 39.8 Å². The van der Waals surface area contributed by atoms with Gasteiger partial charge in [0.25, 0.3) is 0 Å². The first-order valence-electron chi connectivity index (χ1n) is 9.34. The van der Waals surface area contributed by atoms with Crippen molar-refractivity contribution in [1.82, 2.24) is 14.9 Å². The number of aliphatic imine (C=N–C) groups is 1. The quantitative estimate of drug-likeness (QED) is 0.389. The van der Waals surface area contributed by atoms with Crippen molar-refractivity contribution < 1.29 is 26.3 Å². The van der Waals surface area contributed by atoms with Gasteiger partial charge in [-0.25, -0.2) is 8.42 Å². The van der Waals surface area contributed by atoms with Gasteiger partial charge in [0.1, 0.15) is 12.4 Å². The minimum Gasteiger partial charge on any atom is -0.492 e. The minimum absolute atomic E-state index is 0.0665. The Morgan fingerprint density at radius 1 is 1.28 bits per heavy atom. The van der Waals surface area contributed by atoms with E-state index in [4.69, 9.17) is 4.74 Å². The van der Waals surface area contributed by atoms with Crippen molar-refractivity contribution in [2.24, 2.45) is 10.9 Å². The van der Waals surface area contributed by atoms with Crippen LogP contribution in [0.25, 0.3) is 0 Å². The second-order valence-corrected chi connectivity index (χ2v) is 8.77. The molecular formula is C18H27F3N4O3S. The van der Waals surface area contributed by atoms with E-state index in [0.717, 1.165) is 11.3 Å². The number of alkyl halides is 3. The molecule has 0 unspecified atom stereocenters. The molecule has 0 amide bonds. The molecule has 7 nitrogen and oxygen atoms in total. The lowest BCUT2D eigenvalue weighted by Gasteiger charge is -2.31. The smallest absolute Gasteiger partial charge is 0.492 e. The lowest BCUT2D eigenvalue weighted by molar-refractivity contribution is -0.0496. The zero-order chi connectivity index (χ0) is 21.5. The van der Waals surface area contributed by atoms with E-state index in [9.17, 15) is 21.6 Å². The summed E-state index contributed by atoms with van der Waals surface area (Å²) >= 11 is 0. The Kier molecular flexibility index (Phi) is 8.14. The Labute approximate surface area is 169 Å². The molecule has 2 rings (SSSR count). The molecule has 0 radical (unpaired) electrons. The molecule has 1 aromatic rings. The molecule has 1 heterocycles. The van der Waals surface area contributed by atoms with Gasteiger partial charge in [0.2, 0.25) is 0 Å². The average Bonchev–Trinajstić information content (AvgIpc) is 2.67. The molecule has 1 aliphatic rings. The van der Waals surface area contributed by atoms with E-state index in [1.807, 2.05) is 31.2 Å². The predicted molar refractivity (Wildman–Crippen MR) is 105 cm³/mol. The summed E-state index contributed by atoms with van der Waals surface area (Å²) in [6.45, 7) is 3.18. The number of piperidine rings is 1. The molecule has 1 aromatic carbocycles. The van der Waals surface area contributed by atoms with E-state index in [2.05, 4.69) is 15.6 Å². The Hall–Kier alpha value is -2.01. The summed E-state index contributed by atoms with van der Waals surface area (Å²) in [7, 11) is -3.62. The molecule has 1 aliphatic heterocycles. The van der Waals surface area contributed by atoms with Crippen molar-refractivity contribution in [3.05, 3.63) is 29.8 Å². The maximum Gasteiger partial charge on any atom is 0.511 e. The summed E-state index contributed by atoms with van der Waals surface area (Å²) in [6.07, 6.45) is 0.714. The summed E-state index contributed by atoms with van der Waals surface area (Å²) < 4.78 is 66.9. The first kappa shape index (κ1) is 23.3. The standard InChI is InChI=1S/C18H27F3N4O3S/c1-14-4-3-5-16(12-14)28-11-8-23-17(22-2)24-13-15-6-9-25(10-7-15)29(26,27)18(19,20)21/h3-5,12,15H,6-11,13H2,1-2H3,(H2,22,23,24). The van der Waals surface area contributed by atoms with Crippen molar-refractivity contribution in [1.29, 1.82) is 0 Å². The van der Waals surface area contributed by atoms with Crippen LogP contribution in [0.1, 0.15) is 18.4 Å². The Morgan fingerprint density at radius 2 is 1.97 bits per heavy atom. The third-order valence-corrected chi connectivity index (χ3v) is 6.27. The number of rotatable bonds is 7. The molecule has 0 bridgehead atoms. The van der Waals surface area contributed by atoms with E-state index >= 15 is 0 Å². The molecule has 1 fully saturated rings. The maximum atomic E-state index is 12.6. The van der Waals surface area contributed by atoms with Crippen LogP contribution in [0.2, 0.25) is 0 Å². The van der Waals surface area contributed by atoms with Crippen LogP contribution in [0, 0.1) is 12.8 Å². The third-order valence-electron chi connectivity index (χ3n) is 4.64. The molecular weight excluding hydrogens is 409 g/mol. The van der Waals surface area contributed by atoms with Crippen molar-refractivity contribution in [2.45, 2.75) is 25.3 Å². The lowest BCUT2D eigenvalue weighted by atomic mass is 9.98. The van der Waals surface area contributed by atoms with Gasteiger partial charge in [0.15, 0.2) is 5.96 Å². The van der Waals surface area contributed by atoms with Crippen molar-refractivity contribution >= 4 is 16.0 Å². The van der Waals surface area contributed by atoms with Crippen LogP contribution in [0.4, 0.5) is 13.2 Å². The van der Waals surface area contributed by atoms with Gasteiger partial charge in [-0.1, -0.05) is 12.1 Å². The lowest BCUT2D eigenvalue weighted by Crippen LogP contribution is -2.47. The highest BCUT2D eigenvalue weighted by atomic mass is 32.2. The maximum absolute atomic E-state index is 12.6. The van der Waals surface area contributed by atoms with E-state index in [1.54, 1.807) is 7.05 Å². The van der Waals surface area contributed by atoms with Gasteiger partial charge in [0, 0.05) is 26.7 Å². The first-order valence-corrected chi connectivity index (χ1v) is 10.8. The Balaban J connectivity index is 1.68. The Bertz CT molecular complexity index is 792. The highest BCUT2D eigenvalue weighted by Crippen LogP contribution is 2.30. The zero-order valence-corrected chi connectivity index (χ0v) is 17.3. The monoisotopic (exact) mass is 436 g/mol. The fraction of sp³-hybridized carbons (Fsp3) is 0.611. The molecule has 164 valence electrons. The number of ether oxygens (including phenoxy) is 1. The van der Waals surface area contributed by atoms with Gasteiger partial charge in [-0.2, -0.15) is 17.5 Å². The summed E-state index contributed by atoms with van der Waals surface area (Å²) in [5.74, 6) is 1.41. The number of guanidine groups is 1. The second-order valence-electron chi connectivity index (χ2n) is 6.84. The van der Waals surface area contributed by atoms with Crippen LogP contribution in [-0.2, 0) is 10.0 Å². The van der Waals surface area contributed by atoms with Crippen LogP contribution in [0.3, 0.4) is 0 Å². The number of nitrogens with one attached hydrogen (secondary N) is 2. The largest absolute Gasteiger partial charge is 0.511 e. The third kappa shape index (κ3) is 6.77. The molecule has 1 saturated heterocycles. The summed E-state index contributed by atoms with van der Waals surface area (Å²) in [5, 5.41) is 6.23. The molecule has 0 spiro atoms. The molecule has 11 heteroatoms. The summed E-state index contributed by atoms with van der Waals surface area (Å²) in [4.78, 5) is 4.10. The minimum atomic E-state index is -5.25. The van der Waals surface area contributed by atoms with E-state index < -0.39 is 15.5 Å². The molecule has 0 atom stereocenters. The number of hydrogen-bond acceptors (Lipinski definition) is 4. The first-order chi connectivity index (χ1) is 13.6. The van der Waals surface area contributed by atoms with Crippen LogP contribution < -0.4 is 15.4 Å². The topological polar surface area (TPSA) is 83.0 Å². The molecule has 0 aliphatic carbocycles. The highest BCUT2D eigenvalue weighted by molar-refractivity contribution is 7.90. The summed E-state index contributed by atoms with van der Waals surface area (Å²) in [5.41, 5.74) is -4.13. The van der Waals surface area contributed by atoms with Crippen LogP contribution >= 0.6 is 0 Å². The van der Waals surface area contributed by atoms with E-state index in [-0.39, 0.29) is 19.0 Å². The predicted octanol–water partition coefficient (Wildman–Crippen LogP) is 2.10. The number of nitrogens with zero attached hydrogens (tertiary/aromatic N) is 2. The molecule has 0 aromatic heterocycles. The van der Waals surface area contributed by atoms with Gasteiger partial charge in [-0.3, -0.25) is 4.99 Å². The normalized spacial score (nSPS) is 17.2. The van der Waals surface area contributed by atoms with Crippen molar-refractivity contribution in [3.8, 4) is 5.75 Å². The van der Waals surface area contributed by atoms with Crippen LogP contribution in [-0.4, -0.2) is 64.0 Å². The average molecular weight is 437 g/mol. The highest BCUT2D eigenvalue weighted by Gasteiger charge is 2.50.